The molecule has 0 aliphatic carbocycles. The largest absolute Gasteiger partial charge is 0.465 e. The normalized spacial score (nSPS) is 20.7. The number of urea groups is 1. The molecular formula is C22H23F2N3O3. The Morgan fingerprint density at radius 3 is 2.53 bits per heavy atom. The number of hydrogen-bond donors (Lipinski definition) is 2. The molecule has 2 saturated heterocycles. The highest BCUT2D eigenvalue weighted by Crippen LogP contribution is 2.30. The lowest BCUT2D eigenvalue weighted by Gasteiger charge is -2.37. The highest BCUT2D eigenvalue weighted by Gasteiger charge is 2.40. The van der Waals surface area contributed by atoms with Crippen LogP contribution < -0.4 is 5.32 Å². The number of nitrogens with zero attached hydrogens (tertiary/aromatic N) is 2. The number of likely N-dealkylation sites (tertiary alicyclic amines) is 2. The number of amides is 3. The molecular weight excluding hydrogens is 392 g/mol. The maximum absolute atomic E-state index is 15.3. The standard InChI is InChI=1S/C22H23F2N3O3/c23-16-6-1-4-14(12-16)17-7-2-5-15(20(17)24)13-19-18(25-21(28)29)8-11-27(19)22(30)26-9-3-10-26/h1-2,4-7,12,18-19,25H,3,8-11,13H2,(H,28,29)/t18-,19-/m0/s1. The number of carboxylic acid groups (broad SMARTS) is 1. The Morgan fingerprint density at radius 2 is 1.87 bits per heavy atom. The summed E-state index contributed by atoms with van der Waals surface area (Å²) in [4.78, 5) is 27.4. The fourth-order valence-corrected chi connectivity index (χ4v) is 4.20. The molecule has 0 saturated carbocycles. The summed E-state index contributed by atoms with van der Waals surface area (Å²) in [5.74, 6) is -0.939. The van der Waals surface area contributed by atoms with Crippen molar-refractivity contribution >= 4 is 12.1 Å². The zero-order valence-electron chi connectivity index (χ0n) is 16.4. The quantitative estimate of drug-likeness (QED) is 0.800. The third-order valence-corrected chi connectivity index (χ3v) is 5.87. The molecule has 0 bridgehead atoms. The van der Waals surface area contributed by atoms with E-state index in [0.29, 0.717) is 37.2 Å². The Labute approximate surface area is 173 Å². The maximum atomic E-state index is 15.3. The Balaban J connectivity index is 1.63. The van der Waals surface area contributed by atoms with Crippen LogP contribution in [0, 0.1) is 11.6 Å². The van der Waals surface area contributed by atoms with Crippen molar-refractivity contribution in [3.63, 3.8) is 0 Å². The summed E-state index contributed by atoms with van der Waals surface area (Å²) in [6.07, 6.45) is 0.421. The van der Waals surface area contributed by atoms with Crippen LogP contribution in [0.25, 0.3) is 11.1 Å². The van der Waals surface area contributed by atoms with E-state index in [-0.39, 0.29) is 18.0 Å². The van der Waals surface area contributed by atoms with Crippen LogP contribution in [-0.2, 0) is 6.42 Å². The smallest absolute Gasteiger partial charge is 0.404 e. The molecule has 2 fully saturated rings. The van der Waals surface area contributed by atoms with Crippen LogP contribution in [0.4, 0.5) is 18.4 Å². The molecule has 4 rings (SSSR count). The van der Waals surface area contributed by atoms with E-state index in [2.05, 4.69) is 5.32 Å². The minimum Gasteiger partial charge on any atom is -0.465 e. The van der Waals surface area contributed by atoms with Gasteiger partial charge in [-0.2, -0.15) is 0 Å². The van der Waals surface area contributed by atoms with Crippen LogP contribution in [0.1, 0.15) is 18.4 Å². The number of halogens is 2. The zero-order chi connectivity index (χ0) is 21.3. The zero-order valence-corrected chi connectivity index (χ0v) is 16.4. The lowest BCUT2D eigenvalue weighted by Crippen LogP contribution is -2.54. The van der Waals surface area contributed by atoms with Gasteiger partial charge in [0.05, 0.1) is 12.1 Å². The van der Waals surface area contributed by atoms with Gasteiger partial charge in [0.15, 0.2) is 0 Å². The van der Waals surface area contributed by atoms with Gasteiger partial charge < -0.3 is 20.2 Å². The highest BCUT2D eigenvalue weighted by atomic mass is 19.1. The average molecular weight is 415 g/mol. The van der Waals surface area contributed by atoms with Crippen LogP contribution in [-0.4, -0.2) is 58.7 Å². The topological polar surface area (TPSA) is 72.9 Å². The molecule has 2 aliphatic heterocycles. The summed E-state index contributed by atoms with van der Waals surface area (Å²) in [5, 5.41) is 11.7. The van der Waals surface area contributed by atoms with Crippen molar-refractivity contribution < 1.29 is 23.5 Å². The van der Waals surface area contributed by atoms with E-state index in [1.165, 1.54) is 18.2 Å². The van der Waals surface area contributed by atoms with E-state index >= 15 is 4.39 Å². The molecule has 2 aromatic carbocycles. The van der Waals surface area contributed by atoms with Crippen molar-refractivity contribution in [2.75, 3.05) is 19.6 Å². The molecule has 6 nitrogen and oxygen atoms in total. The molecule has 0 radical (unpaired) electrons. The molecule has 8 heteroatoms. The minimum atomic E-state index is -1.17. The van der Waals surface area contributed by atoms with Crippen LogP contribution in [0.15, 0.2) is 42.5 Å². The van der Waals surface area contributed by atoms with Crippen molar-refractivity contribution in [2.45, 2.75) is 31.3 Å². The van der Waals surface area contributed by atoms with Gasteiger partial charge in [0, 0.05) is 25.2 Å². The third kappa shape index (κ3) is 3.94. The molecule has 0 aromatic heterocycles. The molecule has 2 atom stereocenters. The van der Waals surface area contributed by atoms with Gasteiger partial charge >= 0.3 is 12.1 Å². The number of nitrogens with one attached hydrogen (secondary N) is 1. The maximum Gasteiger partial charge on any atom is 0.404 e. The first-order chi connectivity index (χ1) is 14.4. The Kier molecular flexibility index (Phi) is 5.57. The van der Waals surface area contributed by atoms with Crippen LogP contribution in [0.5, 0.6) is 0 Å². The molecule has 30 heavy (non-hydrogen) atoms. The summed E-state index contributed by atoms with van der Waals surface area (Å²) in [6.45, 7) is 1.78. The first kappa shape index (κ1) is 20.1. The van der Waals surface area contributed by atoms with Gasteiger partial charge in [-0.3, -0.25) is 0 Å². The first-order valence-corrected chi connectivity index (χ1v) is 10.0. The summed E-state index contributed by atoms with van der Waals surface area (Å²) in [6, 6.07) is 9.51. The molecule has 2 aliphatic rings. The van der Waals surface area contributed by atoms with E-state index in [9.17, 15) is 19.1 Å². The van der Waals surface area contributed by atoms with Crippen LogP contribution >= 0.6 is 0 Å². The van der Waals surface area contributed by atoms with Gasteiger partial charge in [0.1, 0.15) is 11.6 Å². The Hall–Kier alpha value is -3.16. The second kappa shape index (κ2) is 8.30. The van der Waals surface area contributed by atoms with Gasteiger partial charge in [-0.05, 0) is 42.5 Å². The van der Waals surface area contributed by atoms with Crippen molar-refractivity contribution in [1.29, 1.82) is 0 Å². The van der Waals surface area contributed by atoms with E-state index in [4.69, 9.17) is 0 Å². The first-order valence-electron chi connectivity index (χ1n) is 10.0. The predicted octanol–water partition coefficient (Wildman–Crippen LogP) is 3.71. The van der Waals surface area contributed by atoms with Gasteiger partial charge in [0.25, 0.3) is 0 Å². The number of hydrogen-bond acceptors (Lipinski definition) is 2. The number of rotatable bonds is 4. The Morgan fingerprint density at radius 1 is 1.10 bits per heavy atom. The second-order valence-corrected chi connectivity index (χ2v) is 7.72. The van der Waals surface area contributed by atoms with Crippen LogP contribution in [0.3, 0.4) is 0 Å². The SMILES string of the molecule is O=C(O)N[C@H]1CCN(C(=O)N2CCC2)[C@H]1Cc1cccc(-c2cccc(F)c2)c1F. The fraction of sp³-hybridized carbons (Fsp3) is 0.364. The number of benzene rings is 2. The molecule has 2 N–H and O–H groups in total. The molecule has 2 aromatic rings. The third-order valence-electron chi connectivity index (χ3n) is 5.87. The molecule has 0 spiro atoms. The van der Waals surface area contributed by atoms with Gasteiger partial charge in [0.2, 0.25) is 0 Å². The summed E-state index contributed by atoms with van der Waals surface area (Å²) >= 11 is 0. The summed E-state index contributed by atoms with van der Waals surface area (Å²) in [7, 11) is 0. The van der Waals surface area contributed by atoms with Crippen molar-refractivity contribution in [2.24, 2.45) is 0 Å². The van der Waals surface area contributed by atoms with Gasteiger partial charge in [-0.25, -0.2) is 18.4 Å². The van der Waals surface area contributed by atoms with Gasteiger partial charge in [-0.1, -0.05) is 30.3 Å². The summed E-state index contributed by atoms with van der Waals surface area (Å²) < 4.78 is 28.9. The van der Waals surface area contributed by atoms with E-state index < -0.39 is 29.8 Å². The molecule has 2 heterocycles. The average Bonchev–Trinajstić information content (AvgIpc) is 3.03. The second-order valence-electron chi connectivity index (χ2n) is 7.72. The number of carbonyl (C=O) groups excluding carboxylic acids is 1. The van der Waals surface area contributed by atoms with Crippen LogP contribution in [0.2, 0.25) is 0 Å². The molecule has 158 valence electrons. The lowest BCUT2D eigenvalue weighted by molar-refractivity contribution is 0.119. The van der Waals surface area contributed by atoms with Crippen molar-refractivity contribution in [3.05, 3.63) is 59.7 Å². The van der Waals surface area contributed by atoms with Gasteiger partial charge in [-0.15, -0.1) is 0 Å². The van der Waals surface area contributed by atoms with E-state index in [0.717, 1.165) is 6.42 Å². The highest BCUT2D eigenvalue weighted by molar-refractivity contribution is 5.76. The monoisotopic (exact) mass is 415 g/mol. The molecule has 3 amide bonds. The predicted molar refractivity (Wildman–Crippen MR) is 107 cm³/mol. The Bertz CT molecular complexity index is 964. The molecule has 0 unspecified atom stereocenters. The fourth-order valence-electron chi connectivity index (χ4n) is 4.20. The van der Waals surface area contributed by atoms with Crippen molar-refractivity contribution in [1.82, 2.24) is 15.1 Å². The van der Waals surface area contributed by atoms with Crippen molar-refractivity contribution in [3.8, 4) is 11.1 Å². The summed E-state index contributed by atoms with van der Waals surface area (Å²) in [5.41, 5.74) is 1.06. The van der Waals surface area contributed by atoms with E-state index in [1.807, 2.05) is 0 Å². The lowest BCUT2D eigenvalue weighted by atomic mass is 9.95. The van der Waals surface area contributed by atoms with E-state index in [1.54, 1.807) is 34.1 Å². The number of carbonyl (C=O) groups is 2. The minimum absolute atomic E-state index is 0.136.